The van der Waals surface area contributed by atoms with Crippen LogP contribution in [0.15, 0.2) is 105 Å². The molecule has 4 aromatic rings. The second kappa shape index (κ2) is 13.3. The summed E-state index contributed by atoms with van der Waals surface area (Å²) in [5, 5.41) is 4.74. The first-order chi connectivity index (χ1) is 18.0. The minimum Gasteiger partial charge on any atom is -0.493 e. The fourth-order valence-electron chi connectivity index (χ4n) is 3.39. The molecule has 4 aromatic carbocycles. The highest BCUT2D eigenvalue weighted by molar-refractivity contribution is 9.10. The second-order valence-electron chi connectivity index (χ2n) is 7.91. The van der Waals surface area contributed by atoms with Crippen molar-refractivity contribution in [2.75, 3.05) is 7.11 Å². The smallest absolute Gasteiger partial charge is 0.271 e. The van der Waals surface area contributed by atoms with Gasteiger partial charge in [0.2, 0.25) is 0 Å². The van der Waals surface area contributed by atoms with Gasteiger partial charge in [-0.05, 0) is 69.5 Å². The Balaban J connectivity index is 1.34. The van der Waals surface area contributed by atoms with Crippen LogP contribution in [0.3, 0.4) is 0 Å². The maximum atomic E-state index is 12.5. The van der Waals surface area contributed by atoms with Crippen molar-refractivity contribution in [3.63, 3.8) is 0 Å². The lowest BCUT2D eigenvalue weighted by Crippen LogP contribution is -2.17. The molecule has 5 nitrogen and oxygen atoms in total. The highest BCUT2D eigenvalue weighted by atomic mass is 79.9. The molecule has 0 saturated heterocycles. The molecule has 1 N–H and O–H groups in total. The lowest BCUT2D eigenvalue weighted by Gasteiger charge is -2.14. The van der Waals surface area contributed by atoms with Crippen LogP contribution >= 0.6 is 39.3 Å². The summed E-state index contributed by atoms with van der Waals surface area (Å²) < 4.78 is 12.2. The summed E-state index contributed by atoms with van der Waals surface area (Å²) in [5.41, 5.74) is 5.84. The Bertz CT molecular complexity index is 1380. The summed E-state index contributed by atoms with van der Waals surface area (Å²) in [5.74, 6) is 1.62. The van der Waals surface area contributed by atoms with Crippen LogP contribution < -0.4 is 14.9 Å². The molecule has 0 heterocycles. The van der Waals surface area contributed by atoms with Gasteiger partial charge in [0, 0.05) is 26.8 Å². The SMILES string of the molecule is COc1cc(/C=N\NC(=O)c2ccc(CSc3ccccc3)cc2)cc(Br)c1OCc1ccccc1Cl. The minimum absolute atomic E-state index is 0.288. The molecule has 0 aromatic heterocycles. The van der Waals surface area contributed by atoms with E-state index in [1.807, 2.05) is 60.7 Å². The summed E-state index contributed by atoms with van der Waals surface area (Å²) in [7, 11) is 1.56. The first-order valence-electron chi connectivity index (χ1n) is 11.4. The first-order valence-corrected chi connectivity index (χ1v) is 13.5. The molecule has 0 fully saturated rings. The molecule has 0 bridgehead atoms. The Hall–Kier alpha value is -3.26. The zero-order valence-electron chi connectivity index (χ0n) is 20.0. The summed E-state index contributed by atoms with van der Waals surface area (Å²) in [6.07, 6.45) is 1.55. The molecule has 0 aliphatic heterocycles. The number of ether oxygens (including phenoxy) is 2. The van der Waals surface area contributed by atoms with E-state index in [0.717, 1.165) is 22.4 Å². The van der Waals surface area contributed by atoms with Gasteiger partial charge in [-0.3, -0.25) is 4.79 Å². The van der Waals surface area contributed by atoms with Crippen LogP contribution in [-0.4, -0.2) is 19.2 Å². The third-order valence-electron chi connectivity index (χ3n) is 5.33. The predicted octanol–water partition coefficient (Wildman–Crippen LogP) is 7.75. The van der Waals surface area contributed by atoms with Crippen LogP contribution in [0.4, 0.5) is 0 Å². The van der Waals surface area contributed by atoms with Gasteiger partial charge >= 0.3 is 0 Å². The number of hydrazone groups is 1. The number of hydrogen-bond donors (Lipinski definition) is 1. The van der Waals surface area contributed by atoms with E-state index in [1.54, 1.807) is 43.3 Å². The van der Waals surface area contributed by atoms with Crippen molar-refractivity contribution in [3.8, 4) is 11.5 Å². The van der Waals surface area contributed by atoms with Crippen LogP contribution in [0.5, 0.6) is 11.5 Å². The average Bonchev–Trinajstić information content (AvgIpc) is 2.92. The number of benzene rings is 4. The molecule has 37 heavy (non-hydrogen) atoms. The number of carbonyl (C=O) groups excluding carboxylic acids is 1. The molecule has 0 atom stereocenters. The van der Waals surface area contributed by atoms with E-state index < -0.39 is 0 Å². The van der Waals surface area contributed by atoms with Gasteiger partial charge in [0.1, 0.15) is 6.61 Å². The summed E-state index contributed by atoms with van der Waals surface area (Å²) >= 11 is 11.5. The quantitative estimate of drug-likeness (QED) is 0.116. The van der Waals surface area contributed by atoms with Crippen molar-refractivity contribution in [2.45, 2.75) is 17.3 Å². The van der Waals surface area contributed by atoms with Gasteiger partial charge in [-0.2, -0.15) is 5.10 Å². The van der Waals surface area contributed by atoms with Gasteiger partial charge in [0.15, 0.2) is 11.5 Å². The Morgan fingerprint density at radius 1 is 1.03 bits per heavy atom. The molecule has 0 spiro atoms. The van der Waals surface area contributed by atoms with E-state index >= 15 is 0 Å². The number of nitrogens with zero attached hydrogens (tertiary/aromatic N) is 1. The van der Waals surface area contributed by atoms with Gasteiger partial charge in [0.05, 0.1) is 17.8 Å². The number of methoxy groups -OCH3 is 1. The number of thioether (sulfide) groups is 1. The zero-order valence-corrected chi connectivity index (χ0v) is 23.1. The fourth-order valence-corrected chi connectivity index (χ4v) is 5.03. The van der Waals surface area contributed by atoms with E-state index in [9.17, 15) is 4.79 Å². The summed E-state index contributed by atoms with van der Waals surface area (Å²) in [4.78, 5) is 13.7. The Kier molecular flexibility index (Phi) is 9.65. The van der Waals surface area contributed by atoms with Crippen molar-refractivity contribution >= 4 is 51.4 Å². The Morgan fingerprint density at radius 2 is 1.76 bits per heavy atom. The van der Waals surface area contributed by atoms with Crippen LogP contribution in [0, 0.1) is 0 Å². The Labute approximate surface area is 234 Å². The standard InChI is InChI=1S/C29H24BrClN2O3S/c1-35-27-16-21(15-25(30)28(27)36-18-23-7-5-6-10-26(23)31)17-32-33-29(34)22-13-11-20(12-14-22)19-37-24-8-3-2-4-9-24/h2-17H,18-19H2,1H3,(H,33,34)/b32-17-. The third-order valence-corrected chi connectivity index (χ3v) is 7.37. The normalized spacial score (nSPS) is 10.9. The molecule has 0 aliphatic carbocycles. The molecule has 0 saturated carbocycles. The van der Waals surface area contributed by atoms with E-state index in [0.29, 0.717) is 33.2 Å². The first kappa shape index (κ1) is 26.8. The molecule has 188 valence electrons. The van der Waals surface area contributed by atoms with Crippen molar-refractivity contribution in [1.82, 2.24) is 5.43 Å². The average molecular weight is 596 g/mol. The molecular formula is C29H24BrClN2O3S. The van der Waals surface area contributed by atoms with Gasteiger partial charge < -0.3 is 9.47 Å². The fraction of sp³-hybridized carbons (Fsp3) is 0.103. The lowest BCUT2D eigenvalue weighted by molar-refractivity contribution is 0.0955. The number of rotatable bonds is 10. The summed E-state index contributed by atoms with van der Waals surface area (Å²) in [6, 6.07) is 28.8. The molecule has 0 aliphatic rings. The van der Waals surface area contributed by atoms with Crippen molar-refractivity contribution in [2.24, 2.45) is 5.10 Å². The van der Waals surface area contributed by atoms with Crippen LogP contribution in [0.2, 0.25) is 5.02 Å². The topological polar surface area (TPSA) is 59.9 Å². The lowest BCUT2D eigenvalue weighted by atomic mass is 10.1. The molecular weight excluding hydrogens is 572 g/mol. The second-order valence-corrected chi connectivity index (χ2v) is 10.2. The number of halogens is 2. The summed E-state index contributed by atoms with van der Waals surface area (Å²) in [6.45, 7) is 0.294. The number of nitrogens with one attached hydrogen (secondary N) is 1. The van der Waals surface area contributed by atoms with Gasteiger partial charge in [-0.1, -0.05) is 60.1 Å². The molecule has 0 unspecified atom stereocenters. The monoisotopic (exact) mass is 594 g/mol. The van der Waals surface area contributed by atoms with Gasteiger partial charge in [-0.25, -0.2) is 5.43 Å². The highest BCUT2D eigenvalue weighted by Gasteiger charge is 2.13. The largest absolute Gasteiger partial charge is 0.493 e. The van der Waals surface area contributed by atoms with E-state index in [2.05, 4.69) is 38.6 Å². The third kappa shape index (κ3) is 7.61. The molecule has 4 rings (SSSR count). The zero-order chi connectivity index (χ0) is 26.0. The number of amides is 1. The maximum absolute atomic E-state index is 12.5. The maximum Gasteiger partial charge on any atom is 0.271 e. The van der Waals surface area contributed by atoms with Gasteiger partial charge in [0.25, 0.3) is 5.91 Å². The highest BCUT2D eigenvalue weighted by Crippen LogP contribution is 2.37. The van der Waals surface area contributed by atoms with Crippen molar-refractivity contribution < 1.29 is 14.3 Å². The Morgan fingerprint density at radius 3 is 2.49 bits per heavy atom. The molecule has 1 amide bonds. The molecule has 8 heteroatoms. The van der Waals surface area contributed by atoms with Gasteiger partial charge in [-0.15, -0.1) is 11.8 Å². The van der Waals surface area contributed by atoms with Crippen LogP contribution in [0.1, 0.15) is 27.0 Å². The van der Waals surface area contributed by atoms with Crippen LogP contribution in [0.25, 0.3) is 0 Å². The predicted molar refractivity (Wildman–Crippen MR) is 154 cm³/mol. The minimum atomic E-state index is -0.288. The van der Waals surface area contributed by atoms with Crippen molar-refractivity contribution in [1.29, 1.82) is 0 Å². The number of carbonyl (C=O) groups is 1. The van der Waals surface area contributed by atoms with E-state index in [4.69, 9.17) is 21.1 Å². The van der Waals surface area contributed by atoms with E-state index in [-0.39, 0.29) is 5.91 Å². The van der Waals surface area contributed by atoms with E-state index in [1.165, 1.54) is 4.90 Å². The van der Waals surface area contributed by atoms with Crippen LogP contribution in [-0.2, 0) is 12.4 Å². The number of hydrogen-bond acceptors (Lipinski definition) is 5. The van der Waals surface area contributed by atoms with Crippen molar-refractivity contribution in [3.05, 3.63) is 123 Å². The molecule has 0 radical (unpaired) electrons.